The van der Waals surface area contributed by atoms with Crippen LogP contribution in [-0.4, -0.2) is 16.6 Å². The number of carbonyl (C=O) groups excluding carboxylic acids is 2. The van der Waals surface area contributed by atoms with Crippen molar-refractivity contribution in [3.8, 4) is 44.0 Å². The number of anilines is 1. The zero-order valence-electron chi connectivity index (χ0n) is 23.8. The summed E-state index contributed by atoms with van der Waals surface area (Å²) < 4.78 is 0. The van der Waals surface area contributed by atoms with Crippen LogP contribution in [0, 0.1) is 0 Å². The van der Waals surface area contributed by atoms with Gasteiger partial charge in [0.25, 0.3) is 0 Å². The summed E-state index contributed by atoms with van der Waals surface area (Å²) in [6.07, 6.45) is 0. The molecule has 4 aromatic carbocycles. The lowest BCUT2D eigenvalue weighted by Gasteiger charge is -2.05. The highest BCUT2D eigenvalue weighted by atomic mass is 32.1. The number of nitrogens with zero attached hydrogens (tertiary/aromatic N) is 1. The van der Waals surface area contributed by atoms with Crippen molar-refractivity contribution < 1.29 is 9.59 Å². The molecule has 0 radical (unpaired) electrons. The second-order valence-electron chi connectivity index (χ2n) is 10.5. The van der Waals surface area contributed by atoms with Gasteiger partial charge < -0.3 is 5.73 Å². The maximum Gasteiger partial charge on any atom is 0.196 e. The van der Waals surface area contributed by atoms with E-state index in [-0.39, 0.29) is 11.6 Å². The van der Waals surface area contributed by atoms with Crippen LogP contribution in [0.25, 0.3) is 54.9 Å². The van der Waals surface area contributed by atoms with E-state index in [1.54, 1.807) is 24.3 Å². The normalized spacial score (nSPS) is 11.5. The number of rotatable bonds is 2. The number of Topliss-reactive ketones (excluding diaryl/α,β-unsaturated/α-hetero) is 1. The third-order valence-corrected chi connectivity index (χ3v) is 9.63. The minimum Gasteiger partial charge on any atom is -0.398 e. The van der Waals surface area contributed by atoms with E-state index >= 15 is 0 Å². The van der Waals surface area contributed by atoms with Gasteiger partial charge >= 0.3 is 0 Å². The van der Waals surface area contributed by atoms with Gasteiger partial charge in [0.15, 0.2) is 11.6 Å². The van der Waals surface area contributed by atoms with Crippen molar-refractivity contribution in [1.29, 1.82) is 0 Å². The Balaban J connectivity index is 0.000000118. The SMILES string of the molecule is CC(=O)c1cccs1.Nc1cccc2c1C(=O)c1ccccc1-2.c1csc(-c2cc3c4c(cccc4n2)-c2ccccc2-3)c1. The number of benzene rings is 4. The van der Waals surface area contributed by atoms with Crippen molar-refractivity contribution >= 4 is 50.8 Å². The molecule has 2 aliphatic rings. The number of hydrogen-bond donors (Lipinski definition) is 1. The Bertz CT molecular complexity index is 2180. The van der Waals surface area contributed by atoms with E-state index < -0.39 is 0 Å². The quantitative estimate of drug-likeness (QED) is 0.157. The van der Waals surface area contributed by atoms with Crippen LogP contribution in [0.2, 0.25) is 0 Å². The van der Waals surface area contributed by atoms with Crippen LogP contribution in [-0.2, 0) is 0 Å². The number of thiophene rings is 2. The maximum absolute atomic E-state index is 12.0. The fraction of sp³-hybridized carbons (Fsp3) is 0.0263. The lowest BCUT2D eigenvalue weighted by atomic mass is 10.0. The van der Waals surface area contributed by atoms with Crippen molar-refractivity contribution in [2.75, 3.05) is 5.73 Å². The van der Waals surface area contributed by atoms with Crippen LogP contribution >= 0.6 is 22.7 Å². The highest BCUT2D eigenvalue weighted by Crippen LogP contribution is 2.47. The van der Waals surface area contributed by atoms with Crippen LogP contribution < -0.4 is 5.73 Å². The van der Waals surface area contributed by atoms with Crippen LogP contribution in [0.4, 0.5) is 5.69 Å². The Morgan fingerprint density at radius 2 is 1.25 bits per heavy atom. The molecule has 2 aliphatic carbocycles. The highest BCUT2D eigenvalue weighted by molar-refractivity contribution is 7.13. The number of fused-ring (bicyclic) bond motifs is 6. The Morgan fingerprint density at radius 1 is 0.636 bits per heavy atom. The van der Waals surface area contributed by atoms with Crippen molar-refractivity contribution in [2.24, 2.45) is 0 Å². The smallest absolute Gasteiger partial charge is 0.196 e. The molecule has 0 saturated heterocycles. The monoisotopic (exact) mass is 606 g/mol. The Labute approximate surface area is 263 Å². The third kappa shape index (κ3) is 4.84. The number of ketones is 2. The van der Waals surface area contributed by atoms with Crippen molar-refractivity contribution in [2.45, 2.75) is 6.92 Å². The topological polar surface area (TPSA) is 73.1 Å². The summed E-state index contributed by atoms with van der Waals surface area (Å²) >= 11 is 3.22. The summed E-state index contributed by atoms with van der Waals surface area (Å²) in [4.78, 5) is 29.5. The first kappa shape index (κ1) is 27.7. The van der Waals surface area contributed by atoms with Crippen LogP contribution in [0.3, 0.4) is 0 Å². The third-order valence-electron chi connectivity index (χ3n) is 7.77. The van der Waals surface area contributed by atoms with Gasteiger partial charge in [0.1, 0.15) is 0 Å². The standard InChI is InChI=1S/C19H11NS.C13H9NO.C6H6OS/c1-2-6-13-12(5-1)14-7-3-8-16-19(14)15(13)11-17(20-16)18-9-4-10-21-18;14-11-7-3-6-9-8-4-1-2-5-10(8)13(15)12(9)11;1-5(7)6-3-2-4-8-6/h1-11H;1-7H,14H2;2-4H,1H3. The highest BCUT2D eigenvalue weighted by Gasteiger charge is 2.27. The summed E-state index contributed by atoms with van der Waals surface area (Å²) in [5.41, 5.74) is 17.2. The van der Waals surface area contributed by atoms with Gasteiger partial charge in [0.05, 0.1) is 26.5 Å². The van der Waals surface area contributed by atoms with Crippen molar-refractivity contribution in [3.05, 3.63) is 142 Å². The van der Waals surface area contributed by atoms with E-state index in [2.05, 4.69) is 66.0 Å². The molecule has 0 amide bonds. The first-order chi connectivity index (χ1) is 21.5. The molecule has 2 N–H and O–H groups in total. The average Bonchev–Trinajstić information content (AvgIpc) is 3.87. The Hall–Kier alpha value is -5.17. The lowest BCUT2D eigenvalue weighted by molar-refractivity contribution is 0.101. The zero-order chi connectivity index (χ0) is 30.2. The summed E-state index contributed by atoms with van der Waals surface area (Å²) in [6.45, 7) is 1.58. The van der Waals surface area contributed by atoms with Gasteiger partial charge in [-0.3, -0.25) is 9.59 Å². The van der Waals surface area contributed by atoms with Crippen LogP contribution in [0.15, 0.2) is 126 Å². The predicted octanol–water partition coefficient (Wildman–Crippen LogP) is 10.0. The van der Waals surface area contributed by atoms with Gasteiger partial charge in [-0.25, -0.2) is 4.98 Å². The zero-order valence-corrected chi connectivity index (χ0v) is 25.4. The molecular weight excluding hydrogens is 581 g/mol. The largest absolute Gasteiger partial charge is 0.398 e. The van der Waals surface area contributed by atoms with E-state index in [4.69, 9.17) is 10.7 Å². The summed E-state index contributed by atoms with van der Waals surface area (Å²) in [5.74, 6) is 0.193. The van der Waals surface area contributed by atoms with Gasteiger partial charge in [-0.15, -0.1) is 22.7 Å². The van der Waals surface area contributed by atoms with E-state index in [9.17, 15) is 9.59 Å². The molecule has 6 heteroatoms. The molecule has 0 unspecified atom stereocenters. The molecule has 0 bridgehead atoms. The number of pyridine rings is 1. The van der Waals surface area contributed by atoms with Crippen LogP contribution in [0.5, 0.6) is 0 Å². The Kier molecular flexibility index (Phi) is 7.22. The molecule has 212 valence electrons. The second kappa shape index (κ2) is 11.5. The van der Waals surface area contributed by atoms with Gasteiger partial charge in [-0.1, -0.05) is 84.9 Å². The van der Waals surface area contributed by atoms with Gasteiger partial charge in [-0.2, -0.15) is 0 Å². The molecule has 0 aliphatic heterocycles. The summed E-state index contributed by atoms with van der Waals surface area (Å²) in [5, 5.41) is 5.29. The molecule has 3 aromatic heterocycles. The first-order valence-corrected chi connectivity index (χ1v) is 15.9. The van der Waals surface area contributed by atoms with E-state index in [1.165, 1.54) is 43.9 Å². The molecular formula is C38H26N2O2S2. The molecule has 9 rings (SSSR count). The predicted molar refractivity (Wildman–Crippen MR) is 184 cm³/mol. The first-order valence-electron chi connectivity index (χ1n) is 14.2. The maximum atomic E-state index is 12.0. The molecule has 0 saturated carbocycles. The average molecular weight is 607 g/mol. The lowest BCUT2D eigenvalue weighted by Crippen LogP contribution is -1.99. The number of nitrogen functional groups attached to an aromatic ring is 1. The molecule has 0 spiro atoms. The minimum absolute atomic E-state index is 0.0405. The number of aromatic nitrogens is 1. The minimum atomic E-state index is 0.0405. The summed E-state index contributed by atoms with van der Waals surface area (Å²) in [7, 11) is 0. The molecule has 7 aromatic rings. The van der Waals surface area contributed by atoms with E-state index in [1.807, 2.05) is 53.9 Å². The molecule has 0 atom stereocenters. The molecule has 44 heavy (non-hydrogen) atoms. The number of nitrogens with two attached hydrogens (primary N) is 1. The fourth-order valence-corrected chi connectivity index (χ4v) is 7.12. The van der Waals surface area contributed by atoms with E-state index in [0.29, 0.717) is 11.3 Å². The number of carbonyl (C=O) groups is 2. The van der Waals surface area contributed by atoms with Crippen molar-refractivity contribution in [3.63, 3.8) is 0 Å². The van der Waals surface area contributed by atoms with Gasteiger partial charge in [0, 0.05) is 16.6 Å². The van der Waals surface area contributed by atoms with E-state index in [0.717, 1.165) is 32.8 Å². The molecule has 4 nitrogen and oxygen atoms in total. The van der Waals surface area contributed by atoms with Crippen LogP contribution in [0.1, 0.15) is 32.5 Å². The molecule has 3 heterocycles. The van der Waals surface area contributed by atoms with Gasteiger partial charge in [-0.05, 0) is 81.4 Å². The van der Waals surface area contributed by atoms with Crippen molar-refractivity contribution in [1.82, 2.24) is 4.98 Å². The number of hydrogen-bond acceptors (Lipinski definition) is 6. The van der Waals surface area contributed by atoms with Gasteiger partial charge in [0.2, 0.25) is 0 Å². The second-order valence-corrected chi connectivity index (χ2v) is 12.4. The molecule has 0 fully saturated rings. The summed E-state index contributed by atoms with van der Waals surface area (Å²) in [6, 6.07) is 38.4. The Morgan fingerprint density at radius 3 is 1.91 bits per heavy atom. The fourth-order valence-electron chi connectivity index (χ4n) is 5.81.